The van der Waals surface area contributed by atoms with Crippen LogP contribution in [0.25, 0.3) is 6.08 Å². The number of hydrogen-bond acceptors (Lipinski definition) is 6. The van der Waals surface area contributed by atoms with Crippen LogP contribution in [-0.2, 0) is 14.4 Å². The molecule has 0 saturated carbocycles. The van der Waals surface area contributed by atoms with E-state index in [1.165, 1.54) is 28.4 Å². The first-order valence-corrected chi connectivity index (χ1v) is 10.7. The Kier molecular flexibility index (Phi) is 7.61. The van der Waals surface area contributed by atoms with Gasteiger partial charge >= 0.3 is 29.6 Å². The molecule has 1 N–H and O–H groups in total. The Balaban J connectivity index is 0.00000280. The maximum absolute atomic E-state index is 12.7. The van der Waals surface area contributed by atoms with Gasteiger partial charge in [-0.3, -0.25) is 9.59 Å². The molecular weight excluding hydrogens is 431 g/mol. The summed E-state index contributed by atoms with van der Waals surface area (Å²) in [5.41, 5.74) is 0.702. The van der Waals surface area contributed by atoms with Crippen molar-refractivity contribution in [1.82, 2.24) is 10.2 Å². The number of carbonyl (C=O) groups excluding carboxylic acids is 3. The van der Waals surface area contributed by atoms with Gasteiger partial charge < -0.3 is 20.1 Å². The average molecular weight is 449 g/mol. The summed E-state index contributed by atoms with van der Waals surface area (Å²) in [4.78, 5) is 38.3. The molecule has 2 aliphatic rings. The largest absolute Gasteiger partial charge is 1.00 e. The van der Waals surface area contributed by atoms with Crippen molar-refractivity contribution in [1.29, 1.82) is 0 Å². The zero-order valence-electron chi connectivity index (χ0n) is 15.9. The molecule has 3 rings (SSSR count). The van der Waals surface area contributed by atoms with E-state index in [-0.39, 0.29) is 29.6 Å². The fraction of sp³-hybridized carbons (Fsp3) is 0.389. The summed E-state index contributed by atoms with van der Waals surface area (Å²) in [5.74, 6) is -2.08. The summed E-state index contributed by atoms with van der Waals surface area (Å²) in [6.07, 6.45) is 3.43. The SMILES string of the molecule is CS/C(=C/c1ccccc1Cl)C(=O)N[C@H]1C(=O)N2[C@H]1SC(C)(C)[C@H]2C(=O)[O-].[Na+]. The van der Waals surface area contributed by atoms with E-state index >= 15 is 0 Å². The number of benzene rings is 1. The molecular formula is C18H18ClN2NaO4S2. The Morgan fingerprint density at radius 2 is 2.00 bits per heavy atom. The first kappa shape index (κ1) is 23.6. The van der Waals surface area contributed by atoms with E-state index in [0.29, 0.717) is 15.5 Å². The van der Waals surface area contributed by atoms with E-state index < -0.39 is 40.0 Å². The zero-order valence-corrected chi connectivity index (χ0v) is 20.3. The first-order valence-electron chi connectivity index (χ1n) is 8.19. The Morgan fingerprint density at radius 3 is 2.57 bits per heavy atom. The summed E-state index contributed by atoms with van der Waals surface area (Å²) in [5, 5.41) is 14.3. The molecule has 0 radical (unpaired) electrons. The third-order valence-corrected chi connectivity index (χ3v) is 7.25. The van der Waals surface area contributed by atoms with Crippen molar-refractivity contribution >= 4 is 59.0 Å². The number of β-lactam (4-membered cyclic amide) rings is 1. The van der Waals surface area contributed by atoms with Crippen molar-refractivity contribution in [3.63, 3.8) is 0 Å². The van der Waals surface area contributed by atoms with Gasteiger partial charge in [0.25, 0.3) is 5.91 Å². The quantitative estimate of drug-likeness (QED) is 0.330. The third kappa shape index (κ3) is 4.27. The van der Waals surface area contributed by atoms with E-state index in [4.69, 9.17) is 11.6 Å². The molecule has 2 aliphatic heterocycles. The predicted octanol–water partition coefficient (Wildman–Crippen LogP) is -1.66. The minimum absolute atomic E-state index is 0. The van der Waals surface area contributed by atoms with Gasteiger partial charge in [-0.25, -0.2) is 0 Å². The van der Waals surface area contributed by atoms with Crippen molar-refractivity contribution in [3.05, 3.63) is 39.8 Å². The van der Waals surface area contributed by atoms with Crippen LogP contribution in [0.5, 0.6) is 0 Å². The molecule has 3 atom stereocenters. The number of fused-ring (bicyclic) bond motifs is 1. The molecule has 0 bridgehead atoms. The maximum atomic E-state index is 12.7. The monoisotopic (exact) mass is 448 g/mol. The third-order valence-electron chi connectivity index (χ3n) is 4.59. The van der Waals surface area contributed by atoms with Crippen LogP contribution in [0, 0.1) is 0 Å². The smallest absolute Gasteiger partial charge is 0.548 e. The van der Waals surface area contributed by atoms with Gasteiger partial charge in [-0.05, 0) is 37.8 Å². The van der Waals surface area contributed by atoms with E-state index in [9.17, 15) is 19.5 Å². The van der Waals surface area contributed by atoms with Gasteiger partial charge in [0.2, 0.25) is 5.91 Å². The number of aliphatic carboxylic acids is 1. The van der Waals surface area contributed by atoms with E-state index in [1.807, 2.05) is 6.07 Å². The minimum atomic E-state index is -1.28. The molecule has 6 nitrogen and oxygen atoms in total. The molecule has 0 aliphatic carbocycles. The van der Waals surface area contributed by atoms with Crippen molar-refractivity contribution in [3.8, 4) is 0 Å². The molecule has 0 unspecified atom stereocenters. The van der Waals surface area contributed by atoms with Crippen LogP contribution >= 0.6 is 35.1 Å². The summed E-state index contributed by atoms with van der Waals surface area (Å²) in [7, 11) is 0. The van der Waals surface area contributed by atoms with Crippen LogP contribution in [0.15, 0.2) is 29.2 Å². The minimum Gasteiger partial charge on any atom is -0.548 e. The second-order valence-electron chi connectivity index (χ2n) is 6.76. The van der Waals surface area contributed by atoms with Crippen molar-refractivity contribution in [2.75, 3.05) is 6.26 Å². The van der Waals surface area contributed by atoms with E-state index in [2.05, 4.69) is 5.32 Å². The first-order chi connectivity index (χ1) is 12.7. The Labute approximate surface area is 199 Å². The van der Waals surface area contributed by atoms with Crippen LogP contribution < -0.4 is 40.0 Å². The Hall–Kier alpha value is -0.640. The number of rotatable bonds is 5. The van der Waals surface area contributed by atoms with Crippen LogP contribution in [0.3, 0.4) is 0 Å². The van der Waals surface area contributed by atoms with Gasteiger partial charge in [-0.15, -0.1) is 23.5 Å². The number of amides is 2. The van der Waals surface area contributed by atoms with Crippen molar-refractivity contribution < 1.29 is 49.0 Å². The van der Waals surface area contributed by atoms with Gasteiger partial charge in [0.05, 0.1) is 16.9 Å². The number of nitrogens with zero attached hydrogens (tertiary/aromatic N) is 1. The summed E-state index contributed by atoms with van der Waals surface area (Å²) < 4.78 is -0.686. The second-order valence-corrected chi connectivity index (χ2v) is 9.79. The van der Waals surface area contributed by atoms with Crippen LogP contribution in [0.1, 0.15) is 19.4 Å². The molecule has 2 saturated heterocycles. The van der Waals surface area contributed by atoms with Gasteiger partial charge in [0.1, 0.15) is 11.4 Å². The Bertz CT molecular complexity index is 849. The molecule has 2 fully saturated rings. The number of carboxylic acid groups (broad SMARTS) is 1. The van der Waals surface area contributed by atoms with Gasteiger partial charge in [0.15, 0.2) is 0 Å². The molecule has 28 heavy (non-hydrogen) atoms. The molecule has 0 aromatic heterocycles. The molecule has 2 amide bonds. The molecule has 10 heteroatoms. The number of hydrogen-bond donors (Lipinski definition) is 1. The molecule has 2 heterocycles. The number of carbonyl (C=O) groups is 3. The maximum Gasteiger partial charge on any atom is 1.00 e. The normalized spacial score (nSPS) is 25.4. The van der Waals surface area contributed by atoms with Gasteiger partial charge in [-0.2, -0.15) is 0 Å². The predicted molar refractivity (Wildman–Crippen MR) is 106 cm³/mol. The topological polar surface area (TPSA) is 89.5 Å². The fourth-order valence-electron chi connectivity index (χ4n) is 3.29. The van der Waals surface area contributed by atoms with E-state index in [0.717, 1.165) is 0 Å². The standard InChI is InChI=1S/C18H19ClN2O4S2.Na/c1-18(2)13(17(24)25)21-15(23)12(16(21)27-18)20-14(22)11(26-3)8-9-6-4-5-7-10(9)19;/h4-8,12-13,16H,1-3H3,(H,20,22)(H,24,25);/q;+1/p-1/b11-8+;/t12-,13+,16-;/m0./s1. The number of thioether (sulfide) groups is 2. The zero-order chi connectivity index (χ0) is 19.9. The molecule has 1 aromatic carbocycles. The van der Waals surface area contributed by atoms with Crippen LogP contribution in [0.4, 0.5) is 0 Å². The van der Waals surface area contributed by atoms with Crippen molar-refractivity contribution in [2.24, 2.45) is 0 Å². The van der Waals surface area contributed by atoms with E-state index in [1.54, 1.807) is 44.4 Å². The molecule has 0 spiro atoms. The van der Waals surface area contributed by atoms with Crippen molar-refractivity contribution in [2.45, 2.75) is 36.1 Å². The summed E-state index contributed by atoms with van der Waals surface area (Å²) in [6, 6.07) is 5.38. The fourth-order valence-corrected chi connectivity index (χ4v) is 5.59. The number of carboxylic acids is 1. The summed E-state index contributed by atoms with van der Waals surface area (Å²) >= 11 is 8.74. The van der Waals surface area contributed by atoms with Crippen LogP contribution in [0.2, 0.25) is 5.02 Å². The molecule has 144 valence electrons. The average Bonchev–Trinajstić information content (AvgIpc) is 2.87. The Morgan fingerprint density at radius 1 is 1.36 bits per heavy atom. The van der Waals surface area contributed by atoms with Gasteiger partial charge in [0, 0.05) is 9.77 Å². The molecule has 1 aromatic rings. The van der Waals surface area contributed by atoms with Gasteiger partial charge in [-0.1, -0.05) is 29.8 Å². The number of halogens is 1. The van der Waals surface area contributed by atoms with Crippen LogP contribution in [-0.4, -0.2) is 51.1 Å². The summed E-state index contributed by atoms with van der Waals surface area (Å²) in [6.45, 7) is 3.51. The number of nitrogens with one attached hydrogen (secondary N) is 1. The second kappa shape index (κ2) is 9.02.